The molecule has 0 radical (unpaired) electrons. The van der Waals surface area contributed by atoms with Gasteiger partial charge in [-0.2, -0.15) is 0 Å². The predicted molar refractivity (Wildman–Crippen MR) is 224 cm³/mol. The number of carbonyl (C=O) groups is 2. The molecule has 4 atom stereocenters. The number of esters is 1. The number of aliphatic carboxylic acids is 1. The van der Waals surface area contributed by atoms with Crippen molar-refractivity contribution in [3.63, 3.8) is 0 Å². The minimum atomic E-state index is -0.685. The molecular weight excluding hydrogens is 687 g/mol. The molecule has 3 saturated heterocycles. The van der Waals surface area contributed by atoms with Gasteiger partial charge in [-0.3, -0.25) is 9.59 Å². The summed E-state index contributed by atoms with van der Waals surface area (Å²) in [6.45, 7) is 14.0. The summed E-state index contributed by atoms with van der Waals surface area (Å²) in [7, 11) is 1.47. The van der Waals surface area contributed by atoms with E-state index in [4.69, 9.17) is 24.1 Å². The molecule has 0 spiro atoms. The SMILES string of the molecule is C.C1CCOC1.CCCCCC1OC1C/C=C\CCCCCCC(C)(C)C(=O)O.CCCCCC1OC1C/C=C\CCCCCCC(C)(C)C(=O)OC.[Li+].[OH-]. The van der Waals surface area contributed by atoms with E-state index < -0.39 is 11.4 Å². The Kier molecular flexibility index (Phi) is 38.1. The molecule has 55 heavy (non-hydrogen) atoms. The van der Waals surface area contributed by atoms with Crippen LogP contribution in [0.4, 0.5) is 0 Å². The number of rotatable bonds is 28. The fourth-order valence-corrected chi connectivity index (χ4v) is 6.53. The number of ether oxygens (including phenoxy) is 4. The second-order valence-corrected chi connectivity index (χ2v) is 16.6. The van der Waals surface area contributed by atoms with Crippen LogP contribution in [0, 0.1) is 10.8 Å². The van der Waals surface area contributed by atoms with Crippen LogP contribution in [0.5, 0.6) is 0 Å². The monoisotopic (exact) mass is 775 g/mol. The van der Waals surface area contributed by atoms with E-state index in [1.165, 1.54) is 103 Å². The van der Waals surface area contributed by atoms with E-state index in [2.05, 4.69) is 38.2 Å². The summed E-state index contributed by atoms with van der Waals surface area (Å²) >= 11 is 0. The number of methoxy groups -OCH3 is 1. The normalized spacial score (nSPS) is 19.9. The van der Waals surface area contributed by atoms with Gasteiger partial charge in [0.1, 0.15) is 0 Å². The van der Waals surface area contributed by atoms with Gasteiger partial charge < -0.3 is 29.5 Å². The summed E-state index contributed by atoms with van der Waals surface area (Å²) in [5.41, 5.74) is -0.912. The smallest absolute Gasteiger partial charge is 0.870 e. The number of carboxylic acids is 1. The zero-order valence-corrected chi connectivity index (χ0v) is 36.3. The Bertz CT molecular complexity index is 954. The maximum absolute atomic E-state index is 11.6. The van der Waals surface area contributed by atoms with Crippen molar-refractivity contribution >= 4 is 11.9 Å². The number of hydrogen-bond acceptors (Lipinski definition) is 7. The standard InChI is InChI=1S/C21H38O3.C20H36O3.C4H8O.CH4.Li.H2O/c1-5-6-12-15-18-19(24-18)16-13-10-8-7-9-11-14-17-21(2,3)20(22)23-4;1-4-5-11-14-17-18(23-17)15-12-9-7-6-8-10-13-16-20(2,3)19(21)22;1-2-4-5-3-1;;;/h10,13,18-19H,5-9,11-12,14-17H2,1-4H3;9,12,17-18H,4-8,10-11,13-16H2,1-3H3,(H,21,22);1-4H2;1H4;;1H2/q;;;;+1;/p-1/b13-10-;12-9-;;;;. The van der Waals surface area contributed by atoms with Gasteiger partial charge >= 0.3 is 30.8 Å². The summed E-state index contributed by atoms with van der Waals surface area (Å²) in [5, 5.41) is 9.05. The van der Waals surface area contributed by atoms with Gasteiger partial charge in [0.15, 0.2) is 0 Å². The molecule has 9 heteroatoms. The molecule has 0 amide bonds. The van der Waals surface area contributed by atoms with Crippen molar-refractivity contribution in [3.05, 3.63) is 24.3 Å². The quantitative estimate of drug-likeness (QED) is 0.0274. The van der Waals surface area contributed by atoms with Crippen molar-refractivity contribution in [1.82, 2.24) is 0 Å². The van der Waals surface area contributed by atoms with Crippen LogP contribution in [0.25, 0.3) is 0 Å². The molecule has 0 aromatic heterocycles. The molecule has 3 heterocycles. The first-order valence-electron chi connectivity index (χ1n) is 21.5. The van der Waals surface area contributed by atoms with E-state index in [9.17, 15) is 9.59 Å². The zero-order chi connectivity index (χ0) is 38.5. The van der Waals surface area contributed by atoms with Gasteiger partial charge in [0, 0.05) is 13.2 Å². The Labute approximate surface area is 351 Å². The second kappa shape index (κ2) is 36.0. The minimum absolute atomic E-state index is 0. The second-order valence-electron chi connectivity index (χ2n) is 16.6. The molecule has 0 aromatic carbocycles. The Morgan fingerprint density at radius 1 is 0.636 bits per heavy atom. The third-order valence-electron chi connectivity index (χ3n) is 10.6. The van der Waals surface area contributed by atoms with E-state index in [1.54, 1.807) is 0 Å². The van der Waals surface area contributed by atoms with Crippen molar-refractivity contribution in [2.75, 3.05) is 20.3 Å². The molecule has 3 aliphatic rings. The molecule has 2 N–H and O–H groups in total. The summed E-state index contributed by atoms with van der Waals surface area (Å²) < 4.78 is 21.2. The van der Waals surface area contributed by atoms with Crippen molar-refractivity contribution in [3.8, 4) is 0 Å². The largest absolute Gasteiger partial charge is 1.00 e. The van der Waals surface area contributed by atoms with Crippen LogP contribution >= 0.6 is 0 Å². The topological polar surface area (TPSA) is 128 Å². The molecule has 4 unspecified atom stereocenters. The van der Waals surface area contributed by atoms with Crippen molar-refractivity contribution in [2.45, 2.75) is 227 Å². The van der Waals surface area contributed by atoms with Crippen LogP contribution < -0.4 is 18.9 Å². The van der Waals surface area contributed by atoms with E-state index in [0.29, 0.717) is 24.4 Å². The number of hydrogen-bond donors (Lipinski definition) is 1. The first-order valence-corrected chi connectivity index (χ1v) is 21.5. The fourth-order valence-electron chi connectivity index (χ4n) is 6.53. The van der Waals surface area contributed by atoms with Gasteiger partial charge in [-0.05, 0) is 105 Å². The number of allylic oxidation sites excluding steroid dienone is 2. The average Bonchev–Trinajstić information content (AvgIpc) is 3.97. The van der Waals surface area contributed by atoms with Crippen molar-refractivity contribution in [2.24, 2.45) is 10.8 Å². The Balaban J connectivity index is -0.000000828. The molecule has 0 aromatic rings. The molecule has 3 aliphatic heterocycles. The molecule has 0 aliphatic carbocycles. The third kappa shape index (κ3) is 31.5. The summed E-state index contributed by atoms with van der Waals surface area (Å²) in [5.74, 6) is -0.781. The molecule has 0 bridgehead atoms. The number of epoxide rings is 2. The first-order chi connectivity index (χ1) is 25.0. The van der Waals surface area contributed by atoms with Crippen LogP contribution in [-0.4, -0.2) is 67.3 Å². The molecular formula is C46H87LiO8. The van der Waals surface area contributed by atoms with Crippen LogP contribution in [0.3, 0.4) is 0 Å². The first kappa shape index (κ1) is 58.2. The average molecular weight is 775 g/mol. The zero-order valence-electron chi connectivity index (χ0n) is 36.3. The van der Waals surface area contributed by atoms with Gasteiger partial charge in [0.25, 0.3) is 0 Å². The Hall–Kier alpha value is -1.14. The van der Waals surface area contributed by atoms with Gasteiger partial charge in [0.05, 0.1) is 42.4 Å². The van der Waals surface area contributed by atoms with Gasteiger partial charge in [0.2, 0.25) is 0 Å². The fraction of sp³-hybridized carbons (Fsp3) is 0.870. The Morgan fingerprint density at radius 2 is 1.05 bits per heavy atom. The van der Waals surface area contributed by atoms with Crippen molar-refractivity contribution < 1.29 is 58.0 Å². The number of carboxylic acid groups (broad SMARTS) is 1. The van der Waals surface area contributed by atoms with Crippen LogP contribution in [-0.2, 0) is 28.5 Å². The van der Waals surface area contributed by atoms with E-state index in [1.807, 2.05) is 27.7 Å². The van der Waals surface area contributed by atoms with Gasteiger partial charge in [-0.1, -0.05) is 123 Å². The summed E-state index contributed by atoms with van der Waals surface area (Å²) in [4.78, 5) is 22.6. The minimum Gasteiger partial charge on any atom is -0.870 e. The maximum atomic E-state index is 11.6. The van der Waals surface area contributed by atoms with E-state index >= 15 is 0 Å². The molecule has 8 nitrogen and oxygen atoms in total. The maximum Gasteiger partial charge on any atom is 1.00 e. The number of unbranched alkanes of at least 4 members (excludes halogenated alkanes) is 12. The predicted octanol–water partition coefficient (Wildman–Crippen LogP) is 9.81. The summed E-state index contributed by atoms with van der Waals surface area (Å²) in [6.07, 6.45) is 39.6. The van der Waals surface area contributed by atoms with Crippen LogP contribution in [0.15, 0.2) is 24.3 Å². The van der Waals surface area contributed by atoms with Crippen molar-refractivity contribution in [1.29, 1.82) is 0 Å². The van der Waals surface area contributed by atoms with Gasteiger partial charge in [-0.15, -0.1) is 0 Å². The molecule has 0 saturated carbocycles. The Morgan fingerprint density at radius 3 is 1.42 bits per heavy atom. The van der Waals surface area contributed by atoms with E-state index in [0.717, 1.165) is 71.0 Å². The van der Waals surface area contributed by atoms with Gasteiger partial charge in [-0.25, -0.2) is 0 Å². The van der Waals surface area contributed by atoms with Crippen LogP contribution in [0.1, 0.15) is 203 Å². The van der Waals surface area contributed by atoms with Crippen LogP contribution in [0.2, 0.25) is 0 Å². The number of carbonyl (C=O) groups excluding carboxylic acids is 1. The molecule has 320 valence electrons. The third-order valence-corrected chi connectivity index (χ3v) is 10.6. The van der Waals surface area contributed by atoms with E-state index in [-0.39, 0.29) is 43.1 Å². The molecule has 3 fully saturated rings. The molecule has 3 rings (SSSR count). The summed E-state index contributed by atoms with van der Waals surface area (Å²) in [6, 6.07) is 0.